The number of carbonyl (C=O) groups is 1. The molecule has 38 heavy (non-hydrogen) atoms. The number of ether oxygens (including phenoxy) is 4. The zero-order valence-corrected chi connectivity index (χ0v) is 21.7. The van der Waals surface area contributed by atoms with E-state index < -0.39 is 0 Å². The molecule has 0 saturated carbocycles. The molecule has 0 aliphatic carbocycles. The Morgan fingerprint density at radius 1 is 1.16 bits per heavy atom. The molecule has 3 aromatic heterocycles. The van der Waals surface area contributed by atoms with E-state index in [2.05, 4.69) is 15.4 Å². The normalized spacial score (nSPS) is 14.2. The van der Waals surface area contributed by atoms with Gasteiger partial charge in [0.25, 0.3) is 5.19 Å². The summed E-state index contributed by atoms with van der Waals surface area (Å²) in [5, 5.41) is 8.69. The van der Waals surface area contributed by atoms with Crippen LogP contribution in [0.3, 0.4) is 0 Å². The first kappa shape index (κ1) is 24.3. The summed E-state index contributed by atoms with van der Waals surface area (Å²) >= 11 is 1.35. The lowest BCUT2D eigenvalue weighted by molar-refractivity contribution is -0.122. The fraction of sp³-hybridized carbons (Fsp3) is 0.296. The molecular weight excluding hydrogens is 508 g/mol. The molecule has 5 aromatic rings. The summed E-state index contributed by atoms with van der Waals surface area (Å²) in [7, 11) is 3.18. The molecule has 1 saturated heterocycles. The van der Waals surface area contributed by atoms with Crippen molar-refractivity contribution in [2.75, 3.05) is 32.8 Å². The fourth-order valence-electron chi connectivity index (χ4n) is 4.43. The number of nitrogens with one attached hydrogen (secondary N) is 1. The van der Waals surface area contributed by atoms with Crippen molar-refractivity contribution in [1.82, 2.24) is 14.6 Å². The van der Waals surface area contributed by atoms with Gasteiger partial charge in [0.2, 0.25) is 10.9 Å². The Bertz CT molecular complexity index is 1570. The van der Waals surface area contributed by atoms with Gasteiger partial charge in [0.05, 0.1) is 25.8 Å². The van der Waals surface area contributed by atoms with Crippen LogP contribution in [0.4, 0.5) is 5.69 Å². The van der Waals surface area contributed by atoms with Gasteiger partial charge in [-0.05, 0) is 47.9 Å². The Balaban J connectivity index is 1.22. The van der Waals surface area contributed by atoms with Crippen LogP contribution < -0.4 is 19.5 Å². The maximum Gasteiger partial charge on any atom is 0.294 e. The highest BCUT2D eigenvalue weighted by atomic mass is 32.1. The average molecular weight is 535 g/mol. The molecule has 0 radical (unpaired) electrons. The van der Waals surface area contributed by atoms with Gasteiger partial charge in [0, 0.05) is 37.0 Å². The molecule has 4 heterocycles. The molecule has 1 N–H and O–H groups in total. The molecule has 1 aliphatic heterocycles. The first-order valence-corrected chi connectivity index (χ1v) is 13.0. The number of benzene rings is 2. The summed E-state index contributed by atoms with van der Waals surface area (Å²) in [5.41, 5.74) is 2.94. The molecule has 11 heteroatoms. The monoisotopic (exact) mass is 534 g/mol. The van der Waals surface area contributed by atoms with Crippen molar-refractivity contribution in [3.63, 3.8) is 0 Å². The minimum absolute atomic E-state index is 0.0204. The second-order valence-corrected chi connectivity index (χ2v) is 9.86. The number of aromatic nitrogens is 3. The second kappa shape index (κ2) is 10.3. The number of methoxy groups -OCH3 is 2. The smallest absolute Gasteiger partial charge is 0.294 e. The van der Waals surface area contributed by atoms with Crippen molar-refractivity contribution in [3.05, 3.63) is 54.2 Å². The third-order valence-electron chi connectivity index (χ3n) is 6.44. The predicted molar refractivity (Wildman–Crippen MR) is 142 cm³/mol. The highest BCUT2D eigenvalue weighted by Crippen LogP contribution is 2.37. The number of rotatable bonds is 8. The molecule has 196 valence electrons. The van der Waals surface area contributed by atoms with Crippen molar-refractivity contribution in [2.24, 2.45) is 5.92 Å². The first-order chi connectivity index (χ1) is 18.6. The van der Waals surface area contributed by atoms with E-state index in [1.807, 2.05) is 42.5 Å². The summed E-state index contributed by atoms with van der Waals surface area (Å²) in [6, 6.07) is 13.2. The fourth-order valence-corrected chi connectivity index (χ4v) is 5.13. The Morgan fingerprint density at radius 3 is 2.82 bits per heavy atom. The van der Waals surface area contributed by atoms with E-state index in [1.54, 1.807) is 24.9 Å². The number of hydrogen-bond acceptors (Lipinski definition) is 9. The molecule has 0 bridgehead atoms. The number of imidazole rings is 1. The van der Waals surface area contributed by atoms with E-state index in [1.165, 1.54) is 11.3 Å². The minimum atomic E-state index is -0.0204. The molecule has 0 spiro atoms. The first-order valence-electron chi connectivity index (χ1n) is 12.2. The van der Waals surface area contributed by atoms with Crippen molar-refractivity contribution in [2.45, 2.75) is 19.4 Å². The summed E-state index contributed by atoms with van der Waals surface area (Å²) in [6.07, 6.45) is 3.29. The van der Waals surface area contributed by atoms with E-state index in [4.69, 9.17) is 23.4 Å². The lowest BCUT2D eigenvalue weighted by Gasteiger charge is -2.21. The minimum Gasteiger partial charge on any atom is -0.496 e. The van der Waals surface area contributed by atoms with Crippen LogP contribution in [0.25, 0.3) is 27.4 Å². The maximum absolute atomic E-state index is 12.6. The van der Waals surface area contributed by atoms with E-state index in [9.17, 15) is 4.79 Å². The summed E-state index contributed by atoms with van der Waals surface area (Å²) in [6.45, 7) is 1.55. The quantitative estimate of drug-likeness (QED) is 0.291. The summed E-state index contributed by atoms with van der Waals surface area (Å²) < 4.78 is 30.0. The molecule has 0 unspecified atom stereocenters. The molecule has 1 fully saturated rings. The number of anilines is 1. The zero-order chi connectivity index (χ0) is 26.1. The molecule has 1 amide bonds. The maximum atomic E-state index is 12.6. The Hall–Kier alpha value is -4.09. The van der Waals surface area contributed by atoms with Crippen molar-refractivity contribution in [1.29, 1.82) is 0 Å². The van der Waals surface area contributed by atoms with Gasteiger partial charge in [0.15, 0.2) is 5.76 Å². The topological polar surface area (TPSA) is 109 Å². The standard InChI is InChI=1S/C27H26N4O6S/c1-33-19-11-22(36-15-16-4-3-5-18(10-16)28-25(32)17-6-8-35-9-7-17)20-13-24(37-23(20)12-19)21-14-31-26(29-21)38-27(30-31)34-2/h3-5,10-14,17H,6-9,15H2,1-2H3,(H,28,32). The van der Waals surface area contributed by atoms with Crippen molar-refractivity contribution < 1.29 is 28.2 Å². The SMILES string of the molecule is COc1cc(OCc2cccc(NC(=O)C3CCOCC3)c2)c2cc(-c3cn4nc(OC)sc4n3)oc2c1. The van der Waals surface area contributed by atoms with Crippen LogP contribution in [-0.2, 0) is 16.1 Å². The molecule has 6 rings (SSSR count). The van der Waals surface area contributed by atoms with Gasteiger partial charge in [-0.15, -0.1) is 5.10 Å². The molecule has 10 nitrogen and oxygen atoms in total. The van der Waals surface area contributed by atoms with Crippen LogP contribution in [0, 0.1) is 5.92 Å². The number of carbonyl (C=O) groups excluding carboxylic acids is 1. The van der Waals surface area contributed by atoms with E-state index in [-0.39, 0.29) is 11.8 Å². The van der Waals surface area contributed by atoms with Crippen LogP contribution in [0.5, 0.6) is 16.7 Å². The highest BCUT2D eigenvalue weighted by Gasteiger charge is 2.22. The number of furan rings is 1. The molecule has 0 atom stereocenters. The molecule has 2 aromatic carbocycles. The third-order valence-corrected chi connectivity index (χ3v) is 7.33. The Kier molecular flexibility index (Phi) is 6.61. The van der Waals surface area contributed by atoms with Gasteiger partial charge in [-0.25, -0.2) is 9.50 Å². The average Bonchev–Trinajstić information content (AvgIpc) is 3.65. The number of nitrogens with zero attached hydrogens (tertiary/aromatic N) is 3. The predicted octanol–water partition coefficient (Wildman–Crippen LogP) is 5.17. The van der Waals surface area contributed by atoms with E-state index in [0.717, 1.165) is 29.5 Å². The number of amides is 1. The Labute approximate surface area is 222 Å². The van der Waals surface area contributed by atoms with Gasteiger partial charge < -0.3 is 28.7 Å². The van der Waals surface area contributed by atoms with Gasteiger partial charge >= 0.3 is 0 Å². The van der Waals surface area contributed by atoms with Crippen LogP contribution in [-0.4, -0.2) is 47.9 Å². The van der Waals surface area contributed by atoms with Gasteiger partial charge in [0.1, 0.15) is 29.4 Å². The van der Waals surface area contributed by atoms with Crippen LogP contribution in [0.2, 0.25) is 0 Å². The van der Waals surface area contributed by atoms with Crippen LogP contribution in [0.15, 0.2) is 53.1 Å². The largest absolute Gasteiger partial charge is 0.496 e. The third kappa shape index (κ3) is 4.90. The van der Waals surface area contributed by atoms with E-state index >= 15 is 0 Å². The molecular formula is C27H26N4O6S. The summed E-state index contributed by atoms with van der Waals surface area (Å²) in [5.74, 6) is 1.83. The van der Waals surface area contributed by atoms with Crippen molar-refractivity contribution in [3.8, 4) is 28.1 Å². The number of hydrogen-bond donors (Lipinski definition) is 1. The second-order valence-electron chi connectivity index (χ2n) is 8.94. The molecule has 1 aliphatic rings. The number of fused-ring (bicyclic) bond motifs is 2. The van der Waals surface area contributed by atoms with Crippen LogP contribution >= 0.6 is 11.3 Å². The van der Waals surface area contributed by atoms with Gasteiger partial charge in [-0.3, -0.25) is 4.79 Å². The Morgan fingerprint density at radius 2 is 2.03 bits per heavy atom. The van der Waals surface area contributed by atoms with Crippen molar-refractivity contribution >= 4 is 38.9 Å². The summed E-state index contributed by atoms with van der Waals surface area (Å²) in [4.78, 5) is 17.9. The van der Waals surface area contributed by atoms with Crippen LogP contribution in [0.1, 0.15) is 18.4 Å². The lowest BCUT2D eigenvalue weighted by atomic mass is 9.99. The zero-order valence-electron chi connectivity index (χ0n) is 20.9. The van der Waals surface area contributed by atoms with Gasteiger partial charge in [-0.1, -0.05) is 12.1 Å². The lowest BCUT2D eigenvalue weighted by Crippen LogP contribution is -2.28. The van der Waals surface area contributed by atoms with E-state index in [0.29, 0.717) is 58.5 Å². The van der Waals surface area contributed by atoms with Gasteiger partial charge in [-0.2, -0.15) is 0 Å². The highest BCUT2D eigenvalue weighted by molar-refractivity contribution is 7.18.